The number of rotatable bonds is 4. The Morgan fingerprint density at radius 1 is 1.32 bits per heavy atom. The fraction of sp³-hybridized carbons (Fsp3) is 0.214. The molecular weight excluding hydrogens is 317 g/mol. The maximum Gasteiger partial charge on any atom is 0.319 e. The molecule has 2 rings (SSSR count). The van der Waals surface area contributed by atoms with Gasteiger partial charge in [-0.2, -0.15) is 0 Å². The molecule has 0 aliphatic carbocycles. The number of thiophene rings is 1. The number of hydrogen-bond acceptors (Lipinski definition) is 3. The molecule has 0 aliphatic heterocycles. The van der Waals surface area contributed by atoms with Crippen LogP contribution in [0.4, 0.5) is 23.7 Å². The molecule has 0 saturated heterocycles. The van der Waals surface area contributed by atoms with E-state index in [1.807, 2.05) is 5.32 Å². The second-order valence-corrected chi connectivity index (χ2v) is 5.75. The van der Waals surface area contributed by atoms with E-state index >= 15 is 0 Å². The largest absolute Gasteiger partial charge is 0.383 e. The van der Waals surface area contributed by atoms with Crippen molar-refractivity contribution < 1.29 is 23.1 Å². The number of carbonyl (C=O) groups excluding carboxylic acids is 1. The first-order chi connectivity index (χ1) is 10.3. The lowest BCUT2D eigenvalue weighted by Gasteiger charge is -2.22. The van der Waals surface area contributed by atoms with Gasteiger partial charge in [0.25, 0.3) is 0 Å². The van der Waals surface area contributed by atoms with E-state index in [9.17, 15) is 23.1 Å². The Balaban J connectivity index is 2.00. The monoisotopic (exact) mass is 330 g/mol. The number of hydrogen-bond donors (Lipinski definition) is 3. The summed E-state index contributed by atoms with van der Waals surface area (Å²) in [4.78, 5) is 12.3. The third-order valence-electron chi connectivity index (χ3n) is 2.89. The summed E-state index contributed by atoms with van der Waals surface area (Å²) in [5.41, 5.74) is -2.07. The van der Waals surface area contributed by atoms with Gasteiger partial charge >= 0.3 is 6.03 Å². The molecule has 22 heavy (non-hydrogen) atoms. The van der Waals surface area contributed by atoms with Gasteiger partial charge in [0.15, 0.2) is 11.6 Å². The standard InChI is InChI=1S/C14H13F3N2O2S/c1-14(21,11-3-2-4-22-11)7-18-13(20)19-12-9(16)5-8(15)6-10(12)17/h2-6,21H,7H2,1H3,(H2,18,19,20). The average Bonchev–Trinajstić information content (AvgIpc) is 2.95. The van der Waals surface area contributed by atoms with Gasteiger partial charge < -0.3 is 15.7 Å². The van der Waals surface area contributed by atoms with Crippen molar-refractivity contribution in [2.24, 2.45) is 0 Å². The number of amides is 2. The van der Waals surface area contributed by atoms with Crippen LogP contribution in [0.2, 0.25) is 0 Å². The predicted octanol–water partition coefficient (Wildman–Crippen LogP) is 3.19. The van der Waals surface area contributed by atoms with Gasteiger partial charge in [-0.05, 0) is 18.4 Å². The van der Waals surface area contributed by atoms with Gasteiger partial charge in [0, 0.05) is 17.0 Å². The molecule has 118 valence electrons. The molecule has 1 aromatic heterocycles. The Morgan fingerprint density at radius 2 is 1.95 bits per heavy atom. The zero-order chi connectivity index (χ0) is 16.3. The van der Waals surface area contributed by atoms with Gasteiger partial charge in [0.1, 0.15) is 17.1 Å². The quantitative estimate of drug-likeness (QED) is 0.806. The van der Waals surface area contributed by atoms with Crippen LogP contribution in [-0.2, 0) is 5.60 Å². The first-order valence-electron chi connectivity index (χ1n) is 6.25. The molecule has 0 bridgehead atoms. The highest BCUT2D eigenvalue weighted by molar-refractivity contribution is 7.10. The molecule has 2 aromatic rings. The zero-order valence-corrected chi connectivity index (χ0v) is 12.3. The van der Waals surface area contributed by atoms with E-state index in [1.165, 1.54) is 18.3 Å². The highest BCUT2D eigenvalue weighted by Crippen LogP contribution is 2.24. The van der Waals surface area contributed by atoms with E-state index in [0.29, 0.717) is 17.0 Å². The second-order valence-electron chi connectivity index (χ2n) is 4.80. The van der Waals surface area contributed by atoms with Crippen molar-refractivity contribution >= 4 is 23.1 Å². The van der Waals surface area contributed by atoms with Gasteiger partial charge in [-0.25, -0.2) is 18.0 Å². The van der Waals surface area contributed by atoms with Crippen molar-refractivity contribution in [3.8, 4) is 0 Å². The Hall–Kier alpha value is -2.06. The minimum Gasteiger partial charge on any atom is -0.383 e. The van der Waals surface area contributed by atoms with Gasteiger partial charge in [-0.15, -0.1) is 11.3 Å². The van der Waals surface area contributed by atoms with Crippen LogP contribution in [0.5, 0.6) is 0 Å². The molecule has 0 spiro atoms. The predicted molar refractivity (Wildman–Crippen MR) is 77.2 cm³/mol. The molecule has 1 atom stereocenters. The number of benzene rings is 1. The molecular formula is C14H13F3N2O2S. The lowest BCUT2D eigenvalue weighted by molar-refractivity contribution is 0.0637. The van der Waals surface area contributed by atoms with E-state index in [1.54, 1.807) is 17.5 Å². The molecule has 8 heteroatoms. The number of halogens is 3. The van der Waals surface area contributed by atoms with E-state index in [-0.39, 0.29) is 6.54 Å². The molecule has 4 nitrogen and oxygen atoms in total. The number of urea groups is 1. The molecule has 3 N–H and O–H groups in total. The van der Waals surface area contributed by atoms with Crippen molar-refractivity contribution in [3.05, 3.63) is 52.0 Å². The number of carbonyl (C=O) groups is 1. The number of anilines is 1. The first kappa shape index (κ1) is 16.3. The molecule has 1 aromatic carbocycles. The summed E-state index contributed by atoms with van der Waals surface area (Å²) in [6.07, 6.45) is 0. The van der Waals surface area contributed by atoms with Crippen LogP contribution in [-0.4, -0.2) is 17.7 Å². The average molecular weight is 330 g/mol. The zero-order valence-electron chi connectivity index (χ0n) is 11.5. The molecule has 0 radical (unpaired) electrons. The summed E-state index contributed by atoms with van der Waals surface area (Å²) in [5.74, 6) is -3.53. The van der Waals surface area contributed by atoms with E-state index in [0.717, 1.165) is 0 Å². The van der Waals surface area contributed by atoms with Crippen molar-refractivity contribution in [3.63, 3.8) is 0 Å². The summed E-state index contributed by atoms with van der Waals surface area (Å²) < 4.78 is 39.6. The van der Waals surface area contributed by atoms with Crippen molar-refractivity contribution in [2.75, 3.05) is 11.9 Å². The fourth-order valence-corrected chi connectivity index (χ4v) is 2.53. The van der Waals surface area contributed by atoms with Crippen LogP contribution < -0.4 is 10.6 Å². The minimum atomic E-state index is -1.31. The molecule has 0 aliphatic rings. The van der Waals surface area contributed by atoms with Crippen molar-refractivity contribution in [2.45, 2.75) is 12.5 Å². The second kappa shape index (κ2) is 6.37. The third kappa shape index (κ3) is 3.77. The van der Waals surface area contributed by atoms with Gasteiger partial charge in [0.05, 0.1) is 6.54 Å². The number of aliphatic hydroxyl groups is 1. The maximum atomic E-state index is 13.4. The Bertz CT molecular complexity index is 652. The highest BCUT2D eigenvalue weighted by Gasteiger charge is 2.25. The van der Waals surface area contributed by atoms with Crippen molar-refractivity contribution in [1.29, 1.82) is 0 Å². The summed E-state index contributed by atoms with van der Waals surface area (Å²) in [6, 6.07) is 3.45. The molecule has 0 fully saturated rings. The lowest BCUT2D eigenvalue weighted by atomic mass is 10.1. The SMILES string of the molecule is CC(O)(CNC(=O)Nc1c(F)cc(F)cc1F)c1cccs1. The van der Waals surface area contributed by atoms with E-state index in [4.69, 9.17) is 0 Å². The molecule has 1 unspecified atom stereocenters. The molecule has 0 saturated carbocycles. The minimum absolute atomic E-state index is 0.163. The Morgan fingerprint density at radius 3 is 2.50 bits per heavy atom. The molecule has 1 heterocycles. The highest BCUT2D eigenvalue weighted by atomic mass is 32.1. The maximum absolute atomic E-state index is 13.4. The lowest BCUT2D eigenvalue weighted by Crippen LogP contribution is -2.40. The van der Waals surface area contributed by atoms with Crippen LogP contribution in [0.25, 0.3) is 0 Å². The van der Waals surface area contributed by atoms with Crippen LogP contribution in [0.1, 0.15) is 11.8 Å². The topological polar surface area (TPSA) is 61.4 Å². The summed E-state index contributed by atoms with van der Waals surface area (Å²) in [7, 11) is 0. The van der Waals surface area contributed by atoms with E-state index < -0.39 is 34.8 Å². The smallest absolute Gasteiger partial charge is 0.319 e. The third-order valence-corrected chi connectivity index (χ3v) is 4.01. The van der Waals surface area contributed by atoms with Gasteiger partial charge in [-0.1, -0.05) is 6.07 Å². The fourth-order valence-electron chi connectivity index (χ4n) is 1.74. The molecule has 2 amide bonds. The van der Waals surface area contributed by atoms with Crippen LogP contribution in [0, 0.1) is 17.5 Å². The normalized spacial score (nSPS) is 13.5. The summed E-state index contributed by atoms with van der Waals surface area (Å²) in [5, 5.41) is 16.2. The number of nitrogens with one attached hydrogen (secondary N) is 2. The summed E-state index contributed by atoms with van der Waals surface area (Å²) in [6.45, 7) is 1.34. The Kier molecular flexibility index (Phi) is 4.72. The van der Waals surface area contributed by atoms with Crippen LogP contribution in [0.3, 0.4) is 0 Å². The van der Waals surface area contributed by atoms with Crippen LogP contribution in [0.15, 0.2) is 29.6 Å². The van der Waals surface area contributed by atoms with Gasteiger partial charge in [-0.3, -0.25) is 0 Å². The van der Waals surface area contributed by atoms with Gasteiger partial charge in [0.2, 0.25) is 0 Å². The summed E-state index contributed by atoms with van der Waals surface area (Å²) >= 11 is 1.31. The van der Waals surface area contributed by atoms with Crippen LogP contribution >= 0.6 is 11.3 Å². The van der Waals surface area contributed by atoms with Crippen molar-refractivity contribution in [1.82, 2.24) is 5.32 Å². The Labute approximate surface area is 128 Å². The van der Waals surface area contributed by atoms with E-state index in [2.05, 4.69) is 5.32 Å². The first-order valence-corrected chi connectivity index (χ1v) is 7.13.